The molecule has 134 valence electrons. The van der Waals surface area contributed by atoms with Gasteiger partial charge in [-0.2, -0.15) is 5.10 Å². The monoisotopic (exact) mass is 343 g/mol. The molecule has 2 aromatic rings. The first-order valence-corrected chi connectivity index (χ1v) is 8.30. The third kappa shape index (κ3) is 3.90. The smallest absolute Gasteiger partial charge is 0.305 e. The van der Waals surface area contributed by atoms with Gasteiger partial charge in [-0.3, -0.25) is 9.59 Å². The van der Waals surface area contributed by atoms with Crippen molar-refractivity contribution >= 4 is 11.9 Å². The standard InChI is InChI=1S/C19H25N3O3/c1-12(2)19(5,10-17(23)24)21-18(25)15-11-20-22(14(15)4)16-9-7-6-8-13(16)3/h6-9,11-12H,10H2,1-5H3,(H,21,25)(H,23,24). The van der Waals surface area contributed by atoms with Gasteiger partial charge in [0, 0.05) is 0 Å². The number of para-hydroxylation sites is 1. The summed E-state index contributed by atoms with van der Waals surface area (Å²) in [4.78, 5) is 23.9. The van der Waals surface area contributed by atoms with E-state index in [-0.39, 0.29) is 18.2 Å². The predicted octanol–water partition coefficient (Wildman–Crippen LogP) is 3.11. The average Bonchev–Trinajstić information content (AvgIpc) is 2.88. The molecular weight excluding hydrogens is 318 g/mol. The van der Waals surface area contributed by atoms with Crippen LogP contribution in [0.1, 0.15) is 48.8 Å². The third-order valence-corrected chi connectivity index (χ3v) is 4.79. The van der Waals surface area contributed by atoms with Gasteiger partial charge in [0.15, 0.2) is 0 Å². The number of aromatic nitrogens is 2. The van der Waals surface area contributed by atoms with Crippen molar-refractivity contribution in [2.75, 3.05) is 0 Å². The van der Waals surface area contributed by atoms with E-state index in [1.54, 1.807) is 11.6 Å². The van der Waals surface area contributed by atoms with Gasteiger partial charge in [0.2, 0.25) is 0 Å². The number of amides is 1. The van der Waals surface area contributed by atoms with Crippen molar-refractivity contribution < 1.29 is 14.7 Å². The average molecular weight is 343 g/mol. The number of nitrogens with one attached hydrogen (secondary N) is 1. The summed E-state index contributed by atoms with van der Waals surface area (Å²) in [7, 11) is 0. The molecule has 0 spiro atoms. The molecule has 0 aliphatic rings. The maximum absolute atomic E-state index is 12.7. The quantitative estimate of drug-likeness (QED) is 0.844. The van der Waals surface area contributed by atoms with Crippen LogP contribution in [0.2, 0.25) is 0 Å². The van der Waals surface area contributed by atoms with E-state index >= 15 is 0 Å². The highest BCUT2D eigenvalue weighted by Crippen LogP contribution is 2.23. The minimum atomic E-state index is -0.941. The van der Waals surface area contributed by atoms with Gasteiger partial charge in [0.1, 0.15) is 0 Å². The van der Waals surface area contributed by atoms with Crippen molar-refractivity contribution in [3.05, 3.63) is 47.3 Å². The molecular formula is C19H25N3O3. The number of hydrogen-bond donors (Lipinski definition) is 2. The number of carbonyl (C=O) groups is 2. The second-order valence-corrected chi connectivity index (χ2v) is 6.94. The van der Waals surface area contributed by atoms with Crippen LogP contribution in [0.3, 0.4) is 0 Å². The number of benzene rings is 1. The zero-order valence-corrected chi connectivity index (χ0v) is 15.3. The van der Waals surface area contributed by atoms with Crippen molar-refractivity contribution in [1.82, 2.24) is 15.1 Å². The van der Waals surface area contributed by atoms with Gasteiger partial charge in [-0.1, -0.05) is 32.0 Å². The molecule has 0 radical (unpaired) electrons. The lowest BCUT2D eigenvalue weighted by Crippen LogP contribution is -2.51. The minimum Gasteiger partial charge on any atom is -0.481 e. The van der Waals surface area contributed by atoms with E-state index in [0.29, 0.717) is 11.3 Å². The maximum Gasteiger partial charge on any atom is 0.305 e. The van der Waals surface area contributed by atoms with Crippen LogP contribution in [0, 0.1) is 19.8 Å². The topological polar surface area (TPSA) is 84.2 Å². The SMILES string of the molecule is Cc1ccccc1-n1ncc(C(=O)NC(C)(CC(=O)O)C(C)C)c1C. The van der Waals surface area contributed by atoms with Crippen molar-refractivity contribution in [2.24, 2.45) is 5.92 Å². The van der Waals surface area contributed by atoms with Gasteiger partial charge in [0.05, 0.1) is 35.1 Å². The van der Waals surface area contributed by atoms with E-state index in [1.807, 2.05) is 52.0 Å². The van der Waals surface area contributed by atoms with Crippen LogP contribution >= 0.6 is 0 Å². The Labute approximate surface area is 147 Å². The van der Waals surface area contributed by atoms with Crippen LogP contribution < -0.4 is 5.32 Å². The molecule has 0 saturated carbocycles. The highest BCUT2D eigenvalue weighted by atomic mass is 16.4. The molecule has 2 N–H and O–H groups in total. The minimum absolute atomic E-state index is 0.0285. The fourth-order valence-corrected chi connectivity index (χ4v) is 2.71. The Hall–Kier alpha value is -2.63. The van der Waals surface area contributed by atoms with Gasteiger partial charge in [0.25, 0.3) is 5.91 Å². The Kier molecular flexibility index (Phi) is 5.30. The van der Waals surface area contributed by atoms with Crippen molar-refractivity contribution in [3.63, 3.8) is 0 Å². The van der Waals surface area contributed by atoms with E-state index in [1.165, 1.54) is 6.20 Å². The van der Waals surface area contributed by atoms with Crippen molar-refractivity contribution in [2.45, 2.75) is 46.6 Å². The number of carbonyl (C=O) groups excluding carboxylic acids is 1. The van der Waals surface area contributed by atoms with Crippen LogP contribution in [-0.4, -0.2) is 32.3 Å². The van der Waals surface area contributed by atoms with Crippen LogP contribution in [-0.2, 0) is 4.79 Å². The first kappa shape index (κ1) is 18.7. The molecule has 1 aromatic heterocycles. The molecule has 1 heterocycles. The first-order valence-electron chi connectivity index (χ1n) is 8.30. The Morgan fingerprint density at radius 2 is 1.92 bits per heavy atom. The predicted molar refractivity (Wildman–Crippen MR) is 96.0 cm³/mol. The number of hydrogen-bond acceptors (Lipinski definition) is 3. The third-order valence-electron chi connectivity index (χ3n) is 4.79. The number of carboxylic acid groups (broad SMARTS) is 1. The van der Waals surface area contributed by atoms with Crippen molar-refractivity contribution in [1.29, 1.82) is 0 Å². The summed E-state index contributed by atoms with van der Waals surface area (Å²) in [5.74, 6) is -1.28. The normalized spacial score (nSPS) is 13.5. The van der Waals surface area contributed by atoms with Gasteiger partial charge in [-0.05, 0) is 38.3 Å². The van der Waals surface area contributed by atoms with E-state index in [4.69, 9.17) is 5.11 Å². The van der Waals surface area contributed by atoms with Gasteiger partial charge < -0.3 is 10.4 Å². The van der Waals surface area contributed by atoms with Gasteiger partial charge in [-0.25, -0.2) is 4.68 Å². The Bertz CT molecular complexity index is 795. The van der Waals surface area contributed by atoms with Crippen LogP contribution in [0.15, 0.2) is 30.5 Å². The molecule has 6 nitrogen and oxygen atoms in total. The molecule has 2 rings (SSSR count). The molecule has 0 aliphatic heterocycles. The molecule has 1 amide bonds. The van der Waals surface area contributed by atoms with Crippen molar-refractivity contribution in [3.8, 4) is 5.69 Å². The lowest BCUT2D eigenvalue weighted by Gasteiger charge is -2.33. The summed E-state index contributed by atoms with van der Waals surface area (Å²) in [6.07, 6.45) is 1.39. The van der Waals surface area contributed by atoms with E-state index < -0.39 is 11.5 Å². The molecule has 0 bridgehead atoms. The second-order valence-electron chi connectivity index (χ2n) is 6.94. The van der Waals surface area contributed by atoms with Crippen LogP contribution in [0.25, 0.3) is 5.69 Å². The molecule has 0 fully saturated rings. The highest BCUT2D eigenvalue weighted by molar-refractivity contribution is 5.96. The van der Waals surface area contributed by atoms with Crippen LogP contribution in [0.4, 0.5) is 0 Å². The first-order chi connectivity index (χ1) is 11.7. The number of nitrogens with zero attached hydrogens (tertiary/aromatic N) is 2. The lowest BCUT2D eigenvalue weighted by atomic mass is 9.85. The molecule has 1 atom stereocenters. The summed E-state index contributed by atoms with van der Waals surface area (Å²) in [5.41, 5.74) is 2.30. The molecule has 1 unspecified atom stereocenters. The Morgan fingerprint density at radius 3 is 2.48 bits per heavy atom. The summed E-state index contributed by atoms with van der Waals surface area (Å²) >= 11 is 0. The van der Waals surface area contributed by atoms with Crippen LogP contribution in [0.5, 0.6) is 0 Å². The number of rotatable bonds is 6. The van der Waals surface area contributed by atoms with Gasteiger partial charge >= 0.3 is 5.97 Å². The maximum atomic E-state index is 12.7. The second kappa shape index (κ2) is 7.09. The Balaban J connectivity index is 2.32. The molecule has 25 heavy (non-hydrogen) atoms. The van der Waals surface area contributed by atoms with Gasteiger partial charge in [-0.15, -0.1) is 0 Å². The molecule has 0 aliphatic carbocycles. The highest BCUT2D eigenvalue weighted by Gasteiger charge is 2.34. The number of aryl methyl sites for hydroxylation is 1. The van der Waals surface area contributed by atoms with E-state index in [9.17, 15) is 9.59 Å². The number of aliphatic carboxylic acids is 1. The summed E-state index contributed by atoms with van der Waals surface area (Å²) in [5, 5.41) is 16.4. The Morgan fingerprint density at radius 1 is 1.28 bits per heavy atom. The van der Waals surface area contributed by atoms with E-state index in [0.717, 1.165) is 11.3 Å². The fraction of sp³-hybridized carbons (Fsp3) is 0.421. The zero-order chi connectivity index (χ0) is 18.8. The summed E-state index contributed by atoms with van der Waals surface area (Å²) < 4.78 is 1.73. The summed E-state index contributed by atoms with van der Waals surface area (Å²) in [6, 6.07) is 7.80. The fourth-order valence-electron chi connectivity index (χ4n) is 2.71. The molecule has 1 aromatic carbocycles. The van der Waals surface area contributed by atoms with E-state index in [2.05, 4.69) is 10.4 Å². The largest absolute Gasteiger partial charge is 0.481 e. The number of carboxylic acids is 1. The lowest BCUT2D eigenvalue weighted by molar-refractivity contribution is -0.138. The molecule has 0 saturated heterocycles. The summed E-state index contributed by atoms with van der Waals surface area (Å²) in [6.45, 7) is 9.36. The molecule has 6 heteroatoms. The zero-order valence-electron chi connectivity index (χ0n) is 15.3.